The molecule has 0 spiro atoms. The van der Waals surface area contributed by atoms with Crippen molar-refractivity contribution in [3.8, 4) is 0 Å². The molecule has 3 aromatic rings. The van der Waals surface area contributed by atoms with Gasteiger partial charge in [0.15, 0.2) is 11.0 Å². The van der Waals surface area contributed by atoms with Crippen LogP contribution in [0.15, 0.2) is 44.8 Å². The van der Waals surface area contributed by atoms with Crippen molar-refractivity contribution in [2.45, 2.75) is 30.8 Å². The summed E-state index contributed by atoms with van der Waals surface area (Å²) in [5.74, 6) is -0.0615. The number of hydrogen-bond donors (Lipinski definition) is 1. The van der Waals surface area contributed by atoms with Crippen LogP contribution < -0.4 is 10.9 Å². The summed E-state index contributed by atoms with van der Waals surface area (Å²) in [7, 11) is 1.24. The second kappa shape index (κ2) is 8.26. The van der Waals surface area contributed by atoms with Gasteiger partial charge < -0.3 is 14.6 Å². The van der Waals surface area contributed by atoms with Crippen LogP contribution in [-0.2, 0) is 20.9 Å². The summed E-state index contributed by atoms with van der Waals surface area (Å²) >= 11 is 1.06. The predicted octanol–water partition coefficient (Wildman–Crippen LogP) is 1.99. The van der Waals surface area contributed by atoms with E-state index in [2.05, 4.69) is 20.2 Å². The van der Waals surface area contributed by atoms with Crippen LogP contribution in [0.3, 0.4) is 0 Å². The van der Waals surface area contributed by atoms with Crippen molar-refractivity contribution in [3.63, 3.8) is 0 Å². The largest absolute Gasteiger partial charge is 0.468 e. The zero-order chi connectivity index (χ0) is 20.3. The lowest BCUT2D eigenvalue weighted by Gasteiger charge is -2.15. The van der Waals surface area contributed by atoms with Crippen LogP contribution in [-0.4, -0.2) is 38.9 Å². The van der Waals surface area contributed by atoms with Gasteiger partial charge in [0.05, 0.1) is 23.3 Å². The second-order valence-corrected chi connectivity index (χ2v) is 7.26. The number of amides is 1. The Morgan fingerprint density at radius 3 is 2.79 bits per heavy atom. The lowest BCUT2D eigenvalue weighted by Crippen LogP contribution is -2.29. The molecule has 3 rings (SSSR count). The number of rotatable bonds is 6. The van der Waals surface area contributed by atoms with E-state index in [0.717, 1.165) is 11.8 Å². The third kappa shape index (κ3) is 4.22. The molecule has 0 aliphatic rings. The van der Waals surface area contributed by atoms with Gasteiger partial charge >= 0.3 is 5.97 Å². The first-order valence-corrected chi connectivity index (χ1v) is 9.24. The number of aromatic nitrogens is 3. The zero-order valence-corrected chi connectivity index (χ0v) is 16.3. The molecule has 2 heterocycles. The smallest absolute Gasteiger partial charge is 0.325 e. The maximum absolute atomic E-state index is 12.8. The van der Waals surface area contributed by atoms with Crippen molar-refractivity contribution >= 4 is 40.4 Å². The second-order valence-electron chi connectivity index (χ2n) is 5.95. The number of nitrogens with zero attached hydrogens (tertiary/aromatic N) is 3. The highest BCUT2D eigenvalue weighted by molar-refractivity contribution is 8.00. The molecular weight excluding hydrogens is 384 g/mol. The summed E-state index contributed by atoms with van der Waals surface area (Å²) in [5, 5.41) is 6.36. The van der Waals surface area contributed by atoms with Gasteiger partial charge in [-0.25, -0.2) is 4.98 Å². The Bertz CT molecular complexity index is 1090. The van der Waals surface area contributed by atoms with Crippen LogP contribution in [0.5, 0.6) is 0 Å². The number of hydrogen-bond acceptors (Lipinski definition) is 8. The fraction of sp³-hybridized carbons (Fsp3) is 0.278. The SMILES string of the molecule is COC(=O)Cn1c(S[C@@H](C)C(=O)Nc2cc(C)on2)nc2ccccc2c1=O. The Labute approximate surface area is 164 Å². The van der Waals surface area contributed by atoms with E-state index in [9.17, 15) is 14.4 Å². The monoisotopic (exact) mass is 402 g/mol. The molecule has 0 radical (unpaired) electrons. The minimum atomic E-state index is -0.617. The van der Waals surface area contributed by atoms with Crippen LogP contribution in [0, 0.1) is 6.92 Å². The van der Waals surface area contributed by atoms with Gasteiger partial charge in [0.25, 0.3) is 5.56 Å². The predicted molar refractivity (Wildman–Crippen MR) is 103 cm³/mol. The minimum absolute atomic E-state index is 0.244. The highest BCUT2D eigenvalue weighted by atomic mass is 32.2. The summed E-state index contributed by atoms with van der Waals surface area (Å²) in [6, 6.07) is 8.41. The molecule has 2 aromatic heterocycles. The van der Waals surface area contributed by atoms with E-state index in [1.807, 2.05) is 0 Å². The molecule has 9 nitrogen and oxygen atoms in total. The van der Waals surface area contributed by atoms with Crippen molar-refractivity contribution in [2.24, 2.45) is 0 Å². The Kier molecular flexibility index (Phi) is 5.78. The molecule has 146 valence electrons. The average Bonchev–Trinajstić information content (AvgIpc) is 3.09. The summed E-state index contributed by atoms with van der Waals surface area (Å²) in [6.45, 7) is 3.08. The van der Waals surface area contributed by atoms with Gasteiger partial charge in [0, 0.05) is 6.07 Å². The lowest BCUT2D eigenvalue weighted by molar-refractivity contribution is -0.141. The Morgan fingerprint density at radius 1 is 1.36 bits per heavy atom. The van der Waals surface area contributed by atoms with E-state index >= 15 is 0 Å². The van der Waals surface area contributed by atoms with E-state index in [4.69, 9.17) is 4.52 Å². The number of ether oxygens (including phenoxy) is 1. The zero-order valence-electron chi connectivity index (χ0n) is 15.5. The van der Waals surface area contributed by atoms with Gasteiger partial charge in [-0.05, 0) is 26.0 Å². The highest BCUT2D eigenvalue weighted by Crippen LogP contribution is 2.23. The normalized spacial score (nSPS) is 12.0. The van der Waals surface area contributed by atoms with Crippen LogP contribution >= 0.6 is 11.8 Å². The van der Waals surface area contributed by atoms with Crippen LogP contribution in [0.4, 0.5) is 5.82 Å². The first-order chi connectivity index (χ1) is 13.4. The first kappa shape index (κ1) is 19.6. The number of benzene rings is 1. The topological polar surface area (TPSA) is 116 Å². The molecule has 1 atom stereocenters. The van der Waals surface area contributed by atoms with E-state index < -0.39 is 11.2 Å². The van der Waals surface area contributed by atoms with E-state index in [1.165, 1.54) is 11.7 Å². The molecule has 0 aliphatic heterocycles. The lowest BCUT2D eigenvalue weighted by atomic mass is 10.2. The molecule has 0 saturated heterocycles. The molecule has 28 heavy (non-hydrogen) atoms. The molecule has 1 N–H and O–H groups in total. The van der Waals surface area contributed by atoms with Crippen LogP contribution in [0.1, 0.15) is 12.7 Å². The molecule has 10 heteroatoms. The fourth-order valence-corrected chi connectivity index (χ4v) is 3.34. The number of anilines is 1. The Balaban J connectivity index is 1.91. The van der Waals surface area contributed by atoms with Crippen molar-refractivity contribution in [1.82, 2.24) is 14.7 Å². The summed E-state index contributed by atoms with van der Waals surface area (Å²) in [5.41, 5.74) is 0.106. The maximum atomic E-state index is 12.8. The van der Waals surface area contributed by atoms with Gasteiger partial charge in [0.2, 0.25) is 5.91 Å². The van der Waals surface area contributed by atoms with Crippen molar-refractivity contribution in [1.29, 1.82) is 0 Å². The van der Waals surface area contributed by atoms with Gasteiger partial charge in [-0.3, -0.25) is 19.0 Å². The Hall–Kier alpha value is -3.14. The van der Waals surface area contributed by atoms with E-state index in [1.54, 1.807) is 44.2 Å². The number of fused-ring (bicyclic) bond motifs is 1. The van der Waals surface area contributed by atoms with Crippen molar-refractivity contribution in [3.05, 3.63) is 46.4 Å². The molecule has 0 aliphatic carbocycles. The van der Waals surface area contributed by atoms with Gasteiger partial charge in [-0.2, -0.15) is 0 Å². The number of esters is 1. The number of carbonyl (C=O) groups excluding carboxylic acids is 2. The molecule has 0 unspecified atom stereocenters. The Morgan fingerprint density at radius 2 is 2.11 bits per heavy atom. The van der Waals surface area contributed by atoms with Crippen LogP contribution in [0.2, 0.25) is 0 Å². The maximum Gasteiger partial charge on any atom is 0.325 e. The third-order valence-electron chi connectivity index (χ3n) is 3.87. The first-order valence-electron chi connectivity index (χ1n) is 8.36. The van der Waals surface area contributed by atoms with E-state index in [-0.39, 0.29) is 23.2 Å². The van der Waals surface area contributed by atoms with E-state index in [0.29, 0.717) is 22.5 Å². The number of methoxy groups -OCH3 is 1. The van der Waals surface area contributed by atoms with Gasteiger partial charge in [-0.15, -0.1) is 0 Å². The standard InChI is InChI=1S/C18H18N4O5S/c1-10-8-14(21-27-10)20-16(24)11(2)28-18-19-13-7-5-4-6-12(13)17(25)22(18)9-15(23)26-3/h4-8,11H,9H2,1-3H3,(H,20,21,24)/t11-/m0/s1. The number of carbonyl (C=O) groups is 2. The van der Waals surface area contributed by atoms with Crippen molar-refractivity contribution < 1.29 is 18.8 Å². The number of aryl methyl sites for hydroxylation is 1. The molecule has 1 amide bonds. The average molecular weight is 402 g/mol. The van der Waals surface area contributed by atoms with Crippen molar-refractivity contribution in [2.75, 3.05) is 12.4 Å². The summed E-state index contributed by atoms with van der Waals surface area (Å²) in [4.78, 5) is 41.5. The summed E-state index contributed by atoms with van der Waals surface area (Å²) < 4.78 is 10.8. The number of thioether (sulfide) groups is 1. The number of para-hydroxylation sites is 1. The summed E-state index contributed by atoms with van der Waals surface area (Å²) in [6.07, 6.45) is 0. The van der Waals surface area contributed by atoms with Gasteiger partial charge in [0.1, 0.15) is 12.3 Å². The highest BCUT2D eigenvalue weighted by Gasteiger charge is 2.21. The molecule has 0 saturated carbocycles. The van der Waals surface area contributed by atoms with Gasteiger partial charge in [-0.1, -0.05) is 29.1 Å². The number of nitrogens with one attached hydrogen (secondary N) is 1. The minimum Gasteiger partial charge on any atom is -0.468 e. The molecule has 0 bridgehead atoms. The molecule has 0 fully saturated rings. The fourth-order valence-electron chi connectivity index (χ4n) is 2.44. The third-order valence-corrected chi connectivity index (χ3v) is 4.96. The van der Waals surface area contributed by atoms with Crippen LogP contribution in [0.25, 0.3) is 10.9 Å². The molecule has 1 aromatic carbocycles. The molecular formula is C18H18N4O5S. The quantitative estimate of drug-likeness (QED) is 0.378.